The highest BCUT2D eigenvalue weighted by atomic mass is 19.4. The van der Waals surface area contributed by atoms with E-state index in [1.165, 1.54) is 0 Å². The lowest BCUT2D eigenvalue weighted by Gasteiger charge is -2.26. The second-order valence-corrected chi connectivity index (χ2v) is 5.88. The molecular formula is C16H16F3N3O2. The fourth-order valence-corrected chi connectivity index (χ4v) is 3.14. The zero-order chi connectivity index (χ0) is 17.5. The first-order valence-electron chi connectivity index (χ1n) is 7.61. The van der Waals surface area contributed by atoms with Gasteiger partial charge >= 0.3 is 6.18 Å². The Morgan fingerprint density at radius 1 is 1.29 bits per heavy atom. The normalized spacial score (nSPS) is 18.3. The fraction of sp³-hybridized carbons (Fsp3) is 0.438. The molecule has 0 N–H and O–H groups in total. The number of aryl methyl sites for hydroxylation is 1. The SMILES string of the molecule is Cc1nn(CC(=O)N2CCC[C@H]2C(F)(F)F)c(=O)c2ccccc12. The van der Waals surface area contributed by atoms with E-state index in [1.54, 1.807) is 31.2 Å². The van der Waals surface area contributed by atoms with Gasteiger partial charge in [0.2, 0.25) is 5.91 Å². The molecule has 24 heavy (non-hydrogen) atoms. The van der Waals surface area contributed by atoms with Crippen LogP contribution < -0.4 is 5.56 Å². The summed E-state index contributed by atoms with van der Waals surface area (Å²) in [6, 6.07) is 5.04. The van der Waals surface area contributed by atoms with E-state index < -0.39 is 30.2 Å². The van der Waals surface area contributed by atoms with E-state index in [1.807, 2.05) is 0 Å². The van der Waals surface area contributed by atoms with E-state index in [2.05, 4.69) is 5.10 Å². The van der Waals surface area contributed by atoms with Crippen molar-refractivity contribution < 1.29 is 18.0 Å². The van der Waals surface area contributed by atoms with Gasteiger partial charge in [-0.2, -0.15) is 18.3 Å². The third kappa shape index (κ3) is 2.88. The first-order valence-corrected chi connectivity index (χ1v) is 7.61. The molecule has 0 spiro atoms. The van der Waals surface area contributed by atoms with E-state index in [4.69, 9.17) is 0 Å². The average Bonchev–Trinajstić information content (AvgIpc) is 3.02. The molecule has 0 aliphatic carbocycles. The van der Waals surface area contributed by atoms with Crippen LogP contribution >= 0.6 is 0 Å². The Morgan fingerprint density at radius 3 is 2.62 bits per heavy atom. The van der Waals surface area contributed by atoms with Crippen molar-refractivity contribution in [2.75, 3.05) is 6.54 Å². The predicted molar refractivity (Wildman–Crippen MR) is 81.5 cm³/mol. The molecule has 1 aliphatic heterocycles. The molecule has 1 fully saturated rings. The first kappa shape index (κ1) is 16.5. The van der Waals surface area contributed by atoms with Crippen molar-refractivity contribution in [1.29, 1.82) is 0 Å². The first-order chi connectivity index (χ1) is 11.3. The van der Waals surface area contributed by atoms with Gasteiger partial charge in [0, 0.05) is 11.9 Å². The van der Waals surface area contributed by atoms with Crippen LogP contribution in [0, 0.1) is 6.92 Å². The standard InChI is InChI=1S/C16H16F3N3O2/c1-10-11-5-2-3-6-12(11)15(24)22(20-10)9-14(23)21-8-4-7-13(21)16(17,18)19/h2-3,5-6,13H,4,7-9H2,1H3/t13-/m0/s1. The van der Waals surface area contributed by atoms with Crippen LogP contribution in [0.25, 0.3) is 10.8 Å². The second kappa shape index (κ2) is 5.92. The molecule has 1 saturated heterocycles. The topological polar surface area (TPSA) is 55.2 Å². The maximum Gasteiger partial charge on any atom is 0.408 e. The van der Waals surface area contributed by atoms with Crippen LogP contribution in [0.1, 0.15) is 18.5 Å². The number of fused-ring (bicyclic) bond motifs is 1. The van der Waals surface area contributed by atoms with Crippen LogP contribution in [0.4, 0.5) is 13.2 Å². The molecule has 8 heteroatoms. The Balaban J connectivity index is 1.91. The van der Waals surface area contributed by atoms with Crippen molar-refractivity contribution in [3.8, 4) is 0 Å². The van der Waals surface area contributed by atoms with Crippen LogP contribution in [-0.4, -0.2) is 39.4 Å². The summed E-state index contributed by atoms with van der Waals surface area (Å²) >= 11 is 0. The van der Waals surface area contributed by atoms with Gasteiger partial charge < -0.3 is 4.90 Å². The Hall–Kier alpha value is -2.38. The number of halogens is 3. The average molecular weight is 339 g/mol. The molecule has 0 unspecified atom stereocenters. The molecule has 5 nitrogen and oxygen atoms in total. The van der Waals surface area contributed by atoms with Crippen molar-refractivity contribution >= 4 is 16.7 Å². The van der Waals surface area contributed by atoms with Crippen molar-refractivity contribution in [3.05, 3.63) is 40.3 Å². The summed E-state index contributed by atoms with van der Waals surface area (Å²) in [5.74, 6) is -0.737. The number of benzene rings is 1. The molecule has 0 saturated carbocycles. The molecular weight excluding hydrogens is 323 g/mol. The van der Waals surface area contributed by atoms with Crippen LogP contribution in [0.5, 0.6) is 0 Å². The minimum atomic E-state index is -4.45. The summed E-state index contributed by atoms with van der Waals surface area (Å²) in [6.45, 7) is 1.25. The molecule has 1 aromatic carbocycles. The highest BCUT2D eigenvalue weighted by Crippen LogP contribution is 2.32. The number of nitrogens with zero attached hydrogens (tertiary/aromatic N) is 3. The van der Waals surface area contributed by atoms with Crippen LogP contribution in [0.2, 0.25) is 0 Å². The monoisotopic (exact) mass is 339 g/mol. The number of alkyl halides is 3. The Bertz CT molecular complexity index is 845. The Kier molecular flexibility index (Phi) is 4.06. The molecule has 1 aliphatic rings. The molecule has 3 rings (SSSR count). The molecule has 2 aromatic rings. The number of hydrogen-bond acceptors (Lipinski definition) is 3. The van der Waals surface area contributed by atoms with Crippen molar-refractivity contribution in [2.45, 2.75) is 38.5 Å². The summed E-state index contributed by atoms with van der Waals surface area (Å²) in [5, 5.41) is 5.14. The molecule has 0 bridgehead atoms. The summed E-state index contributed by atoms with van der Waals surface area (Å²) in [7, 11) is 0. The third-order valence-electron chi connectivity index (χ3n) is 4.29. The number of rotatable bonds is 2. The van der Waals surface area contributed by atoms with Gasteiger partial charge in [-0.25, -0.2) is 4.68 Å². The molecule has 2 heterocycles. The van der Waals surface area contributed by atoms with Crippen molar-refractivity contribution in [1.82, 2.24) is 14.7 Å². The molecule has 0 radical (unpaired) electrons. The van der Waals surface area contributed by atoms with Crippen molar-refractivity contribution in [2.24, 2.45) is 0 Å². The zero-order valence-corrected chi connectivity index (χ0v) is 13.0. The minimum Gasteiger partial charge on any atom is -0.329 e. The van der Waals surface area contributed by atoms with Gasteiger partial charge in [-0.15, -0.1) is 0 Å². The number of carbonyl (C=O) groups excluding carboxylic acids is 1. The van der Waals surface area contributed by atoms with Gasteiger partial charge in [0.15, 0.2) is 0 Å². The highest BCUT2D eigenvalue weighted by molar-refractivity contribution is 5.83. The second-order valence-electron chi connectivity index (χ2n) is 5.88. The third-order valence-corrected chi connectivity index (χ3v) is 4.29. The summed E-state index contributed by atoms with van der Waals surface area (Å²) in [5.41, 5.74) is 0.0686. The van der Waals surface area contributed by atoms with Gasteiger partial charge in [0.05, 0.1) is 11.1 Å². The predicted octanol–water partition coefficient (Wildman–Crippen LogP) is 2.26. The van der Waals surface area contributed by atoms with Gasteiger partial charge in [-0.1, -0.05) is 18.2 Å². The van der Waals surface area contributed by atoms with E-state index in [9.17, 15) is 22.8 Å². The summed E-state index contributed by atoms with van der Waals surface area (Å²) in [6.07, 6.45) is -4.26. The van der Waals surface area contributed by atoms with Crippen LogP contribution in [0.15, 0.2) is 29.1 Å². The number of hydrogen-bond donors (Lipinski definition) is 0. The fourth-order valence-electron chi connectivity index (χ4n) is 3.14. The van der Waals surface area contributed by atoms with E-state index in [0.717, 1.165) is 9.58 Å². The Labute approximate surface area is 135 Å². The largest absolute Gasteiger partial charge is 0.408 e. The van der Waals surface area contributed by atoms with Gasteiger partial charge in [0.1, 0.15) is 12.6 Å². The van der Waals surface area contributed by atoms with Gasteiger partial charge in [-0.05, 0) is 25.8 Å². The molecule has 1 amide bonds. The number of aromatic nitrogens is 2. The highest BCUT2D eigenvalue weighted by Gasteiger charge is 2.47. The maximum atomic E-state index is 13.0. The Morgan fingerprint density at radius 2 is 1.96 bits per heavy atom. The number of likely N-dealkylation sites (tertiary alicyclic amines) is 1. The van der Waals surface area contributed by atoms with E-state index in [0.29, 0.717) is 22.9 Å². The molecule has 1 aromatic heterocycles. The van der Waals surface area contributed by atoms with Crippen LogP contribution in [0.3, 0.4) is 0 Å². The zero-order valence-electron chi connectivity index (χ0n) is 13.0. The maximum absolute atomic E-state index is 13.0. The van der Waals surface area contributed by atoms with E-state index in [-0.39, 0.29) is 13.0 Å². The number of carbonyl (C=O) groups is 1. The molecule has 128 valence electrons. The quantitative estimate of drug-likeness (QED) is 0.843. The smallest absolute Gasteiger partial charge is 0.329 e. The lowest BCUT2D eigenvalue weighted by Crippen LogP contribution is -2.46. The van der Waals surface area contributed by atoms with E-state index >= 15 is 0 Å². The summed E-state index contributed by atoms with van der Waals surface area (Å²) in [4.78, 5) is 25.5. The summed E-state index contributed by atoms with van der Waals surface area (Å²) < 4.78 is 39.9. The van der Waals surface area contributed by atoms with Gasteiger partial charge in [0.25, 0.3) is 5.56 Å². The number of amides is 1. The van der Waals surface area contributed by atoms with Gasteiger partial charge in [-0.3, -0.25) is 9.59 Å². The lowest BCUT2D eigenvalue weighted by molar-refractivity contribution is -0.183. The lowest BCUT2D eigenvalue weighted by atomic mass is 10.1. The minimum absolute atomic E-state index is 0.0460. The van der Waals surface area contributed by atoms with Crippen molar-refractivity contribution in [3.63, 3.8) is 0 Å². The molecule has 1 atom stereocenters. The van der Waals surface area contributed by atoms with Crippen LogP contribution in [-0.2, 0) is 11.3 Å².